The number of likely N-dealkylation sites (N-methyl/N-ethyl adjacent to an activating group) is 1. The van der Waals surface area contributed by atoms with Crippen LogP contribution in [0.25, 0.3) is 6.08 Å². The number of hydrogen-bond donors (Lipinski definition) is 1. The molecule has 2 aromatic rings. The van der Waals surface area contributed by atoms with Crippen LogP contribution in [0, 0.1) is 17.2 Å². The number of aromatic nitrogens is 2. The van der Waals surface area contributed by atoms with Crippen molar-refractivity contribution in [2.75, 3.05) is 36.9 Å². The minimum Gasteiger partial charge on any atom is -0.363 e. The fourth-order valence-electron chi connectivity index (χ4n) is 5.36. The number of piperidine rings is 1. The van der Waals surface area contributed by atoms with Gasteiger partial charge in [0.1, 0.15) is 23.8 Å². The van der Waals surface area contributed by atoms with Crippen molar-refractivity contribution < 1.29 is 18.0 Å². The average Bonchev–Trinajstić information content (AvgIpc) is 3.34. The van der Waals surface area contributed by atoms with Gasteiger partial charge in [-0.3, -0.25) is 4.79 Å². The Kier molecular flexibility index (Phi) is 5.10. The molecule has 1 aromatic heterocycles. The number of carbonyl (C=O) groups excluding carboxylic acids is 1. The number of likely N-dealkylation sites (tertiary alicyclic amines) is 1. The number of nitrogens with zero attached hydrogens (tertiary/aromatic N) is 4. The van der Waals surface area contributed by atoms with Crippen LogP contribution in [-0.4, -0.2) is 47.5 Å². The molecule has 3 heterocycles. The summed E-state index contributed by atoms with van der Waals surface area (Å²) in [5, 5.41) is 3.21. The fourth-order valence-corrected chi connectivity index (χ4v) is 5.36. The molecule has 174 valence electrons. The number of anilines is 2. The van der Waals surface area contributed by atoms with Crippen LogP contribution in [0.3, 0.4) is 0 Å². The molecule has 2 aliphatic heterocycles. The third-order valence-electron chi connectivity index (χ3n) is 7.29. The molecule has 1 saturated heterocycles. The van der Waals surface area contributed by atoms with E-state index in [0.717, 1.165) is 37.0 Å². The molecular formula is C24H26F3N5O. The van der Waals surface area contributed by atoms with Gasteiger partial charge in [0.15, 0.2) is 0 Å². The van der Waals surface area contributed by atoms with E-state index in [9.17, 15) is 18.0 Å². The molecule has 0 radical (unpaired) electrons. The third-order valence-corrected chi connectivity index (χ3v) is 7.29. The number of benzene rings is 1. The molecule has 2 fully saturated rings. The zero-order valence-corrected chi connectivity index (χ0v) is 18.8. The van der Waals surface area contributed by atoms with Crippen molar-refractivity contribution in [3.63, 3.8) is 0 Å². The second kappa shape index (κ2) is 7.74. The largest absolute Gasteiger partial charge is 0.363 e. The van der Waals surface area contributed by atoms with Gasteiger partial charge in [-0.15, -0.1) is 0 Å². The highest BCUT2D eigenvalue weighted by Crippen LogP contribution is 2.63. The van der Waals surface area contributed by atoms with Crippen LogP contribution in [0.5, 0.6) is 0 Å². The summed E-state index contributed by atoms with van der Waals surface area (Å²) >= 11 is 0. The molecule has 3 aliphatic rings. The van der Waals surface area contributed by atoms with Crippen molar-refractivity contribution >= 4 is 23.6 Å². The summed E-state index contributed by atoms with van der Waals surface area (Å²) < 4.78 is 41.0. The van der Waals surface area contributed by atoms with E-state index in [1.807, 2.05) is 11.9 Å². The Balaban J connectivity index is 1.47. The topological polar surface area (TPSA) is 61.4 Å². The Labute approximate surface area is 190 Å². The minimum absolute atomic E-state index is 0.00590. The van der Waals surface area contributed by atoms with Gasteiger partial charge in [0.05, 0.1) is 17.2 Å². The molecule has 6 nitrogen and oxygen atoms in total. The zero-order valence-electron chi connectivity index (χ0n) is 18.8. The van der Waals surface area contributed by atoms with Crippen LogP contribution in [0.15, 0.2) is 30.1 Å². The third kappa shape index (κ3) is 3.54. The van der Waals surface area contributed by atoms with E-state index in [1.165, 1.54) is 24.0 Å². The molecule has 0 spiro atoms. The standard InChI is InChI=1S/C24H26F3N5O/c1-13(17-5-4-6-18(20(17)25)21(26)27)30-22-19-7-15(9-31(3)23(19)29-12-28-22)24-8-16(24)10-32(11-24)14(2)33/h4-7,12-13,16,21H,8-11H2,1-3H3,(H,28,29,30)/t13-,16?,24?/m1/s1. The molecule has 1 aromatic carbocycles. The monoisotopic (exact) mass is 457 g/mol. The van der Waals surface area contributed by atoms with Gasteiger partial charge in [-0.25, -0.2) is 23.1 Å². The summed E-state index contributed by atoms with van der Waals surface area (Å²) in [4.78, 5) is 24.7. The molecular weight excluding hydrogens is 431 g/mol. The number of amides is 1. The van der Waals surface area contributed by atoms with Crippen LogP contribution < -0.4 is 10.2 Å². The van der Waals surface area contributed by atoms with E-state index in [4.69, 9.17) is 0 Å². The highest BCUT2D eigenvalue weighted by atomic mass is 19.3. The lowest BCUT2D eigenvalue weighted by Gasteiger charge is -2.32. The highest BCUT2D eigenvalue weighted by molar-refractivity contribution is 5.80. The molecule has 1 N–H and O–H groups in total. The lowest BCUT2D eigenvalue weighted by Crippen LogP contribution is -2.34. The summed E-state index contributed by atoms with van der Waals surface area (Å²) in [5.41, 5.74) is 1.57. The van der Waals surface area contributed by atoms with Gasteiger partial charge in [-0.2, -0.15) is 0 Å². The molecule has 9 heteroatoms. The van der Waals surface area contributed by atoms with Gasteiger partial charge in [0.25, 0.3) is 6.43 Å². The average molecular weight is 458 g/mol. The molecule has 3 atom stereocenters. The number of rotatable bonds is 5. The smallest absolute Gasteiger partial charge is 0.266 e. The molecule has 1 saturated carbocycles. The normalized spacial score (nSPS) is 24.3. The Morgan fingerprint density at radius 2 is 2.03 bits per heavy atom. The Morgan fingerprint density at radius 1 is 1.27 bits per heavy atom. The number of nitrogens with one attached hydrogen (secondary N) is 1. The summed E-state index contributed by atoms with van der Waals surface area (Å²) in [6, 6.07) is 3.46. The first-order valence-corrected chi connectivity index (χ1v) is 11.1. The lowest BCUT2D eigenvalue weighted by molar-refractivity contribution is -0.128. The molecule has 5 rings (SSSR count). The predicted octanol–water partition coefficient (Wildman–Crippen LogP) is 4.43. The number of alkyl halides is 2. The number of fused-ring (bicyclic) bond motifs is 2. The quantitative estimate of drug-likeness (QED) is 0.720. The first-order valence-electron chi connectivity index (χ1n) is 11.1. The minimum atomic E-state index is -2.88. The van der Waals surface area contributed by atoms with Crippen LogP contribution in [-0.2, 0) is 4.79 Å². The molecule has 1 amide bonds. The Morgan fingerprint density at radius 3 is 2.73 bits per heavy atom. The number of halogens is 3. The van der Waals surface area contributed by atoms with E-state index < -0.39 is 23.8 Å². The fraction of sp³-hybridized carbons (Fsp3) is 0.458. The Hall–Kier alpha value is -3.10. The van der Waals surface area contributed by atoms with Gasteiger partial charge in [-0.05, 0) is 30.9 Å². The van der Waals surface area contributed by atoms with Crippen LogP contribution >= 0.6 is 0 Å². The second-order valence-corrected chi connectivity index (χ2v) is 9.36. The number of carbonyl (C=O) groups is 1. The van der Waals surface area contributed by atoms with Crippen molar-refractivity contribution in [2.45, 2.75) is 32.7 Å². The van der Waals surface area contributed by atoms with Crippen molar-refractivity contribution in [3.8, 4) is 0 Å². The summed E-state index contributed by atoms with van der Waals surface area (Å²) in [5.74, 6) is 0.931. The molecule has 33 heavy (non-hydrogen) atoms. The number of hydrogen-bond acceptors (Lipinski definition) is 5. The molecule has 2 unspecified atom stereocenters. The molecule has 0 bridgehead atoms. The van der Waals surface area contributed by atoms with E-state index in [2.05, 4.69) is 26.3 Å². The van der Waals surface area contributed by atoms with Gasteiger partial charge >= 0.3 is 0 Å². The highest BCUT2D eigenvalue weighted by Gasteiger charge is 2.62. The maximum Gasteiger partial charge on any atom is 0.266 e. The second-order valence-electron chi connectivity index (χ2n) is 9.36. The van der Waals surface area contributed by atoms with Gasteiger partial charge < -0.3 is 15.1 Å². The van der Waals surface area contributed by atoms with E-state index in [-0.39, 0.29) is 16.9 Å². The van der Waals surface area contributed by atoms with Crippen LogP contribution in [0.2, 0.25) is 0 Å². The lowest BCUT2D eigenvalue weighted by atomic mass is 9.90. The summed E-state index contributed by atoms with van der Waals surface area (Å²) in [7, 11) is 1.96. The van der Waals surface area contributed by atoms with Crippen molar-refractivity contribution in [3.05, 3.63) is 52.6 Å². The van der Waals surface area contributed by atoms with E-state index in [0.29, 0.717) is 18.3 Å². The van der Waals surface area contributed by atoms with Gasteiger partial charge in [-0.1, -0.05) is 18.2 Å². The van der Waals surface area contributed by atoms with E-state index in [1.54, 1.807) is 13.8 Å². The van der Waals surface area contributed by atoms with Crippen LogP contribution in [0.4, 0.5) is 24.8 Å². The maximum atomic E-state index is 14.7. The zero-order chi connectivity index (χ0) is 23.5. The summed E-state index contributed by atoms with van der Waals surface area (Å²) in [6.07, 6.45) is 1.72. The van der Waals surface area contributed by atoms with Gasteiger partial charge in [0, 0.05) is 44.6 Å². The Bertz CT molecular complexity index is 1150. The molecule has 1 aliphatic carbocycles. The van der Waals surface area contributed by atoms with Crippen LogP contribution in [0.1, 0.15) is 49.4 Å². The first kappa shape index (κ1) is 21.7. The summed E-state index contributed by atoms with van der Waals surface area (Å²) in [6.45, 7) is 5.55. The SMILES string of the molecule is CC(=O)N1CC2CC2(C2=Cc3c(N[C@H](C)c4cccc(C(F)F)c4F)ncnc3N(C)C2)C1. The van der Waals surface area contributed by atoms with E-state index >= 15 is 0 Å². The maximum absolute atomic E-state index is 14.7. The van der Waals surface area contributed by atoms with Gasteiger partial charge in [0.2, 0.25) is 5.91 Å². The van der Waals surface area contributed by atoms with Crippen molar-refractivity contribution in [1.82, 2.24) is 14.9 Å². The van der Waals surface area contributed by atoms with Crippen molar-refractivity contribution in [2.24, 2.45) is 11.3 Å². The first-order chi connectivity index (χ1) is 15.7. The predicted molar refractivity (Wildman–Crippen MR) is 119 cm³/mol. The van der Waals surface area contributed by atoms with Crippen molar-refractivity contribution in [1.29, 1.82) is 0 Å².